The van der Waals surface area contributed by atoms with Crippen LogP contribution >= 0.6 is 8.58 Å². The maximum atomic E-state index is 14.0. The average molecular weight is 451 g/mol. The number of nitrogens with zero attached hydrogens (tertiary/aromatic N) is 3. The minimum Gasteiger partial charge on any atom is -0.381 e. The van der Waals surface area contributed by atoms with Crippen LogP contribution < -0.4 is 21.8 Å². The summed E-state index contributed by atoms with van der Waals surface area (Å²) in [5.74, 6) is 0.328. The first-order chi connectivity index (χ1) is 15.5. The van der Waals surface area contributed by atoms with Gasteiger partial charge in [-0.15, -0.1) is 0 Å². The number of hydrazone groups is 1. The normalized spacial score (nSPS) is 17.3. The number of rotatable bonds is 7. The highest BCUT2D eigenvalue weighted by molar-refractivity contribution is 7.55. The number of likely N-dealkylation sites (N-methyl/N-ethyl adjacent to an activating group) is 1. The highest BCUT2D eigenvalue weighted by atomic mass is 31.1. The molecule has 8 heteroatoms. The molecule has 1 aromatic heterocycles. The van der Waals surface area contributed by atoms with Crippen LogP contribution in [-0.2, 0) is 0 Å². The van der Waals surface area contributed by atoms with Crippen molar-refractivity contribution in [3.05, 3.63) is 77.4 Å². The monoisotopic (exact) mass is 451 g/mol. The zero-order chi connectivity index (χ0) is 22.7. The molecule has 1 aliphatic rings. The van der Waals surface area contributed by atoms with E-state index in [1.807, 2.05) is 47.2 Å². The minimum atomic E-state index is -0.194. The van der Waals surface area contributed by atoms with E-state index in [9.17, 15) is 9.18 Å². The van der Waals surface area contributed by atoms with Crippen LogP contribution in [0.2, 0.25) is 0 Å². The molecule has 2 atom stereocenters. The Morgan fingerprint density at radius 1 is 1.25 bits per heavy atom. The quantitative estimate of drug-likeness (QED) is 0.190. The Morgan fingerprint density at radius 3 is 2.62 bits per heavy atom. The number of aromatic nitrogens is 1. The van der Waals surface area contributed by atoms with Crippen molar-refractivity contribution in [2.45, 2.75) is 12.3 Å². The van der Waals surface area contributed by atoms with Crippen LogP contribution in [-0.4, -0.2) is 48.8 Å². The van der Waals surface area contributed by atoms with E-state index in [4.69, 9.17) is 5.73 Å². The molecule has 0 bridgehead atoms. The number of carbonyl (C=O) groups excluding carboxylic acids is 1. The third kappa shape index (κ3) is 4.45. The van der Waals surface area contributed by atoms with E-state index in [0.29, 0.717) is 16.6 Å². The third-order valence-corrected chi connectivity index (χ3v) is 7.09. The number of hydrogen-bond acceptors (Lipinski definition) is 4. The van der Waals surface area contributed by atoms with Crippen LogP contribution in [0.4, 0.5) is 4.39 Å². The molecule has 32 heavy (non-hydrogen) atoms. The van der Waals surface area contributed by atoms with E-state index in [1.54, 1.807) is 13.1 Å². The van der Waals surface area contributed by atoms with E-state index in [2.05, 4.69) is 22.5 Å². The van der Waals surface area contributed by atoms with E-state index >= 15 is 0 Å². The standard InChI is InChI=1S/C24H27FN5OP/c1-27-28-24(26)23-20(15-31)19(16-11-12-29(2)13-16)14-30(23)17-7-9-18(10-8-17)32-22-6-4-3-5-21(22)25/h3-10,14-16,27,32H,11-13H2,1-2H3,(H2,26,28). The predicted molar refractivity (Wildman–Crippen MR) is 130 cm³/mol. The number of amidine groups is 1. The molecule has 4 rings (SSSR count). The molecule has 0 aliphatic carbocycles. The van der Waals surface area contributed by atoms with Gasteiger partial charge in [-0.2, -0.15) is 5.10 Å². The van der Waals surface area contributed by atoms with Crippen molar-refractivity contribution in [1.82, 2.24) is 14.9 Å². The zero-order valence-electron chi connectivity index (χ0n) is 18.2. The lowest BCUT2D eigenvalue weighted by Crippen LogP contribution is -2.22. The van der Waals surface area contributed by atoms with Crippen molar-refractivity contribution >= 4 is 31.3 Å². The summed E-state index contributed by atoms with van der Waals surface area (Å²) in [7, 11) is 3.98. The van der Waals surface area contributed by atoms with Gasteiger partial charge in [0.1, 0.15) is 11.5 Å². The third-order valence-electron chi connectivity index (χ3n) is 5.80. The second-order valence-electron chi connectivity index (χ2n) is 7.95. The second-order valence-corrected chi connectivity index (χ2v) is 9.32. The molecule has 0 amide bonds. The molecule has 0 spiro atoms. The van der Waals surface area contributed by atoms with Gasteiger partial charge in [0.05, 0.1) is 0 Å². The lowest BCUT2D eigenvalue weighted by Gasteiger charge is -2.11. The molecule has 166 valence electrons. The van der Waals surface area contributed by atoms with Crippen molar-refractivity contribution in [3.63, 3.8) is 0 Å². The molecule has 2 aromatic carbocycles. The number of carbonyl (C=O) groups is 1. The summed E-state index contributed by atoms with van der Waals surface area (Å²) >= 11 is 0. The molecular weight excluding hydrogens is 424 g/mol. The fourth-order valence-corrected chi connectivity index (χ4v) is 5.27. The molecule has 2 unspecified atom stereocenters. The summed E-state index contributed by atoms with van der Waals surface area (Å²) in [6, 6.07) is 14.7. The van der Waals surface area contributed by atoms with Crippen LogP contribution in [0.1, 0.15) is 34.0 Å². The Bertz CT molecular complexity index is 1140. The number of likely N-dealkylation sites (tertiary alicyclic amines) is 1. The lowest BCUT2D eigenvalue weighted by atomic mass is 9.96. The van der Waals surface area contributed by atoms with Gasteiger partial charge in [0.2, 0.25) is 0 Å². The van der Waals surface area contributed by atoms with Gasteiger partial charge in [-0.25, -0.2) is 4.39 Å². The first-order valence-electron chi connectivity index (χ1n) is 10.5. The smallest absolute Gasteiger partial charge is 0.168 e. The van der Waals surface area contributed by atoms with Gasteiger partial charge >= 0.3 is 0 Å². The van der Waals surface area contributed by atoms with Crippen molar-refractivity contribution in [1.29, 1.82) is 0 Å². The van der Waals surface area contributed by atoms with Crippen LogP contribution in [0.25, 0.3) is 5.69 Å². The SMILES string of the molecule is CN/N=C(/N)c1c(C=O)c(C2CCN(C)C2)cn1-c1ccc(Pc2ccccc2F)cc1. The Morgan fingerprint density at radius 2 is 2.00 bits per heavy atom. The molecule has 0 radical (unpaired) electrons. The van der Waals surface area contributed by atoms with Crippen LogP contribution in [0.15, 0.2) is 59.8 Å². The topological polar surface area (TPSA) is 75.6 Å². The minimum absolute atomic E-state index is 0.194. The van der Waals surface area contributed by atoms with Crippen molar-refractivity contribution < 1.29 is 9.18 Å². The first-order valence-corrected chi connectivity index (χ1v) is 11.5. The fraction of sp³-hybridized carbons (Fsp3) is 0.250. The molecule has 0 saturated carbocycles. The van der Waals surface area contributed by atoms with Gasteiger partial charge in [0.25, 0.3) is 0 Å². The first kappa shape index (κ1) is 22.2. The molecule has 3 aromatic rings. The molecule has 6 nitrogen and oxygen atoms in total. The number of benzene rings is 2. The van der Waals surface area contributed by atoms with E-state index in [-0.39, 0.29) is 26.2 Å². The van der Waals surface area contributed by atoms with Gasteiger partial charge in [0, 0.05) is 42.3 Å². The Kier molecular flexibility index (Phi) is 6.68. The van der Waals surface area contributed by atoms with Crippen molar-refractivity contribution in [2.24, 2.45) is 10.8 Å². The summed E-state index contributed by atoms with van der Waals surface area (Å²) in [6.07, 6.45) is 3.88. The van der Waals surface area contributed by atoms with Crippen molar-refractivity contribution in [3.8, 4) is 5.69 Å². The molecule has 3 N–H and O–H groups in total. The second kappa shape index (κ2) is 9.63. The highest BCUT2D eigenvalue weighted by Gasteiger charge is 2.28. The van der Waals surface area contributed by atoms with Crippen LogP contribution in [0.3, 0.4) is 0 Å². The van der Waals surface area contributed by atoms with Crippen LogP contribution in [0, 0.1) is 5.82 Å². The van der Waals surface area contributed by atoms with Gasteiger partial charge in [-0.1, -0.05) is 38.9 Å². The van der Waals surface area contributed by atoms with Crippen molar-refractivity contribution in [2.75, 3.05) is 27.2 Å². The summed E-state index contributed by atoms with van der Waals surface area (Å²) in [5, 5.41) is 5.85. The van der Waals surface area contributed by atoms with E-state index < -0.39 is 0 Å². The Balaban J connectivity index is 1.73. The molecule has 1 aliphatic heterocycles. The fourth-order valence-electron chi connectivity index (χ4n) is 4.24. The summed E-state index contributed by atoms with van der Waals surface area (Å²) in [5.41, 5.74) is 12.0. The maximum absolute atomic E-state index is 14.0. The molecule has 2 heterocycles. The number of hydrogen-bond donors (Lipinski definition) is 2. The number of nitrogens with two attached hydrogens (primary N) is 1. The largest absolute Gasteiger partial charge is 0.381 e. The highest BCUT2D eigenvalue weighted by Crippen LogP contribution is 2.32. The predicted octanol–water partition coefficient (Wildman–Crippen LogP) is 2.32. The zero-order valence-corrected chi connectivity index (χ0v) is 19.2. The Hall–Kier alpha value is -3.02. The van der Waals surface area contributed by atoms with Crippen LogP contribution in [0.5, 0.6) is 0 Å². The van der Waals surface area contributed by atoms with E-state index in [1.165, 1.54) is 6.07 Å². The lowest BCUT2D eigenvalue weighted by molar-refractivity contribution is 0.112. The summed E-state index contributed by atoms with van der Waals surface area (Å²) in [4.78, 5) is 14.4. The Labute approximate surface area is 189 Å². The van der Waals surface area contributed by atoms with Gasteiger partial charge < -0.3 is 20.6 Å². The van der Waals surface area contributed by atoms with Gasteiger partial charge in [-0.05, 0) is 49.1 Å². The maximum Gasteiger partial charge on any atom is 0.168 e. The number of nitrogens with one attached hydrogen (secondary N) is 1. The molecule has 1 fully saturated rings. The number of aldehydes is 1. The average Bonchev–Trinajstić information content (AvgIpc) is 3.39. The van der Waals surface area contributed by atoms with Gasteiger partial charge in [-0.3, -0.25) is 4.79 Å². The summed E-state index contributed by atoms with van der Waals surface area (Å²) in [6.45, 7) is 1.89. The molecular formula is C24H27FN5OP. The molecule has 1 saturated heterocycles. The number of halogens is 1. The van der Waals surface area contributed by atoms with Gasteiger partial charge in [0.15, 0.2) is 12.1 Å². The summed E-state index contributed by atoms with van der Waals surface area (Å²) < 4.78 is 16.0. The van der Waals surface area contributed by atoms with E-state index in [0.717, 1.165) is 42.4 Å².